The average Bonchev–Trinajstić information content (AvgIpc) is 2.82. The fraction of sp³-hybridized carbons (Fsp3) is 0.429. The van der Waals surface area contributed by atoms with Gasteiger partial charge in [0.15, 0.2) is 0 Å². The highest BCUT2D eigenvalue weighted by molar-refractivity contribution is 6.30. The average molecular weight is 296 g/mol. The quantitative estimate of drug-likeness (QED) is 0.887. The number of hydrogen-bond acceptors (Lipinski definition) is 3. The van der Waals surface area contributed by atoms with Crippen LogP contribution in [0.15, 0.2) is 18.3 Å². The van der Waals surface area contributed by atoms with Crippen molar-refractivity contribution in [2.75, 3.05) is 6.61 Å². The molecule has 2 rings (SSSR count). The summed E-state index contributed by atoms with van der Waals surface area (Å²) in [6, 6.07) is 3.27. The minimum atomic E-state index is -0.253. The largest absolute Gasteiger partial charge is 0.394 e. The van der Waals surface area contributed by atoms with Crippen molar-refractivity contribution in [1.82, 2.24) is 14.7 Å². The Morgan fingerprint density at radius 1 is 1.50 bits per heavy atom. The third-order valence-electron chi connectivity index (χ3n) is 3.25. The molecule has 6 heteroatoms. The van der Waals surface area contributed by atoms with Gasteiger partial charge in [-0.3, -0.25) is 9.20 Å². The maximum Gasteiger partial charge on any atom is 0.270 e. The van der Waals surface area contributed by atoms with Gasteiger partial charge >= 0.3 is 0 Å². The number of nitrogens with zero attached hydrogens (tertiary/aromatic N) is 2. The molecule has 2 aromatic heterocycles. The van der Waals surface area contributed by atoms with E-state index in [0.29, 0.717) is 29.2 Å². The second kappa shape index (κ2) is 6.24. The van der Waals surface area contributed by atoms with Crippen molar-refractivity contribution in [3.05, 3.63) is 34.7 Å². The molecule has 0 saturated heterocycles. The van der Waals surface area contributed by atoms with Gasteiger partial charge in [-0.2, -0.15) is 0 Å². The number of aryl methyl sites for hydroxylation is 1. The number of pyridine rings is 1. The van der Waals surface area contributed by atoms with Crippen molar-refractivity contribution in [3.63, 3.8) is 0 Å². The molecule has 20 heavy (non-hydrogen) atoms. The number of hydrogen-bond donors (Lipinski definition) is 2. The molecule has 0 bridgehead atoms. The zero-order valence-corrected chi connectivity index (χ0v) is 12.3. The zero-order chi connectivity index (χ0) is 14.7. The molecule has 0 aromatic carbocycles. The van der Waals surface area contributed by atoms with E-state index >= 15 is 0 Å². The maximum absolute atomic E-state index is 12.4. The number of aliphatic hydroxyl groups is 1. The number of aliphatic hydroxyl groups excluding tert-OH is 1. The van der Waals surface area contributed by atoms with Crippen LogP contribution >= 0.6 is 11.6 Å². The molecule has 1 amide bonds. The smallest absolute Gasteiger partial charge is 0.270 e. The standard InChI is InChI=1S/C14H18ClN3O2/c1-3-10(8-19)16-14(20)13-11(4-2)17-12-6-5-9(15)7-18(12)13/h5-7,10,19H,3-4,8H2,1-2H3,(H,16,20). The van der Waals surface area contributed by atoms with Crippen LogP contribution < -0.4 is 5.32 Å². The lowest BCUT2D eigenvalue weighted by Crippen LogP contribution is -2.37. The van der Waals surface area contributed by atoms with E-state index in [1.54, 1.807) is 22.7 Å². The normalized spacial score (nSPS) is 12.6. The van der Waals surface area contributed by atoms with E-state index in [1.165, 1.54) is 0 Å². The molecule has 2 aromatic rings. The molecule has 1 atom stereocenters. The highest BCUT2D eigenvalue weighted by Crippen LogP contribution is 2.17. The van der Waals surface area contributed by atoms with Gasteiger partial charge < -0.3 is 10.4 Å². The summed E-state index contributed by atoms with van der Waals surface area (Å²) < 4.78 is 1.70. The van der Waals surface area contributed by atoms with Crippen molar-refractivity contribution in [2.45, 2.75) is 32.7 Å². The maximum atomic E-state index is 12.4. The number of rotatable bonds is 5. The van der Waals surface area contributed by atoms with Gasteiger partial charge in [0.25, 0.3) is 5.91 Å². The van der Waals surface area contributed by atoms with Gasteiger partial charge in [0.05, 0.1) is 23.4 Å². The third kappa shape index (κ3) is 2.78. The van der Waals surface area contributed by atoms with E-state index in [-0.39, 0.29) is 18.6 Å². The van der Waals surface area contributed by atoms with E-state index in [4.69, 9.17) is 11.6 Å². The molecule has 0 spiro atoms. The molecule has 0 saturated carbocycles. The Morgan fingerprint density at radius 3 is 2.85 bits per heavy atom. The lowest BCUT2D eigenvalue weighted by Gasteiger charge is -2.14. The molecule has 0 aliphatic rings. The highest BCUT2D eigenvalue weighted by Gasteiger charge is 2.20. The minimum absolute atomic E-state index is 0.0822. The van der Waals surface area contributed by atoms with Crippen molar-refractivity contribution >= 4 is 23.2 Å². The SMILES string of the molecule is CCc1nc2ccc(Cl)cn2c1C(=O)NC(CC)CO. The van der Waals surface area contributed by atoms with Crippen molar-refractivity contribution < 1.29 is 9.90 Å². The minimum Gasteiger partial charge on any atom is -0.394 e. The van der Waals surface area contributed by atoms with Crippen molar-refractivity contribution in [2.24, 2.45) is 0 Å². The van der Waals surface area contributed by atoms with Crippen LogP contribution in [-0.4, -0.2) is 33.0 Å². The Kier molecular flexibility index (Phi) is 4.62. The summed E-state index contributed by atoms with van der Waals surface area (Å²) in [5.74, 6) is -0.238. The van der Waals surface area contributed by atoms with E-state index in [2.05, 4.69) is 10.3 Å². The molecule has 0 fully saturated rings. The molecule has 5 nitrogen and oxygen atoms in total. The van der Waals surface area contributed by atoms with Gasteiger partial charge in [0.2, 0.25) is 0 Å². The first-order valence-corrected chi connectivity index (χ1v) is 7.06. The number of carbonyl (C=O) groups is 1. The Morgan fingerprint density at radius 2 is 2.25 bits per heavy atom. The summed E-state index contributed by atoms with van der Waals surface area (Å²) in [6.07, 6.45) is 3.00. The fourth-order valence-electron chi connectivity index (χ4n) is 2.08. The predicted molar refractivity (Wildman–Crippen MR) is 78.2 cm³/mol. The molecule has 0 aliphatic carbocycles. The summed E-state index contributed by atoms with van der Waals surface area (Å²) in [4.78, 5) is 16.8. The molecule has 2 heterocycles. The van der Waals surface area contributed by atoms with Crippen LogP contribution in [0.4, 0.5) is 0 Å². The summed E-state index contributed by atoms with van der Waals surface area (Å²) in [6.45, 7) is 3.78. The summed E-state index contributed by atoms with van der Waals surface area (Å²) in [7, 11) is 0. The van der Waals surface area contributed by atoms with Gasteiger partial charge in [-0.25, -0.2) is 4.98 Å². The van der Waals surface area contributed by atoms with Gasteiger partial charge in [0, 0.05) is 6.20 Å². The highest BCUT2D eigenvalue weighted by atomic mass is 35.5. The van der Waals surface area contributed by atoms with Gasteiger partial charge in [-0.1, -0.05) is 25.4 Å². The Balaban J connectivity index is 2.45. The van der Waals surface area contributed by atoms with Gasteiger partial charge in [0.1, 0.15) is 11.3 Å². The second-order valence-corrected chi connectivity index (χ2v) is 5.03. The summed E-state index contributed by atoms with van der Waals surface area (Å²) in [5, 5.41) is 12.6. The van der Waals surface area contributed by atoms with E-state index < -0.39 is 0 Å². The second-order valence-electron chi connectivity index (χ2n) is 4.60. The van der Waals surface area contributed by atoms with Crippen LogP contribution in [0.1, 0.15) is 36.5 Å². The molecule has 1 unspecified atom stereocenters. The first-order valence-electron chi connectivity index (χ1n) is 6.68. The number of imidazole rings is 1. The van der Waals surface area contributed by atoms with Crippen LogP contribution in [0.2, 0.25) is 5.02 Å². The molecule has 0 radical (unpaired) electrons. The number of carbonyl (C=O) groups excluding carboxylic acids is 1. The van der Waals surface area contributed by atoms with E-state index in [1.807, 2.05) is 13.8 Å². The number of halogens is 1. The van der Waals surface area contributed by atoms with E-state index in [9.17, 15) is 9.90 Å². The number of amides is 1. The van der Waals surface area contributed by atoms with Gasteiger partial charge in [-0.15, -0.1) is 0 Å². The predicted octanol–water partition coefficient (Wildman–Crippen LogP) is 2.05. The Labute approximate surface area is 122 Å². The fourth-order valence-corrected chi connectivity index (χ4v) is 2.25. The van der Waals surface area contributed by atoms with Crippen molar-refractivity contribution in [1.29, 1.82) is 0 Å². The molecule has 108 valence electrons. The molecule has 0 aliphatic heterocycles. The monoisotopic (exact) mass is 295 g/mol. The summed E-state index contributed by atoms with van der Waals surface area (Å²) >= 11 is 5.99. The van der Waals surface area contributed by atoms with Crippen LogP contribution in [0.3, 0.4) is 0 Å². The lowest BCUT2D eigenvalue weighted by atomic mass is 10.2. The zero-order valence-electron chi connectivity index (χ0n) is 11.6. The number of fused-ring (bicyclic) bond motifs is 1. The first kappa shape index (κ1) is 14.8. The van der Waals surface area contributed by atoms with Crippen LogP contribution in [0.5, 0.6) is 0 Å². The Hall–Kier alpha value is -1.59. The van der Waals surface area contributed by atoms with Gasteiger partial charge in [-0.05, 0) is 25.0 Å². The third-order valence-corrected chi connectivity index (χ3v) is 3.48. The molecule has 2 N–H and O–H groups in total. The lowest BCUT2D eigenvalue weighted by molar-refractivity contribution is 0.0908. The van der Waals surface area contributed by atoms with Crippen LogP contribution in [-0.2, 0) is 6.42 Å². The van der Waals surface area contributed by atoms with Crippen molar-refractivity contribution in [3.8, 4) is 0 Å². The topological polar surface area (TPSA) is 66.6 Å². The Bertz CT molecular complexity index is 620. The van der Waals surface area contributed by atoms with E-state index in [0.717, 1.165) is 5.69 Å². The number of nitrogens with one attached hydrogen (secondary N) is 1. The first-order chi connectivity index (χ1) is 9.60. The van der Waals surface area contributed by atoms with Crippen LogP contribution in [0.25, 0.3) is 5.65 Å². The van der Waals surface area contributed by atoms with Crippen LogP contribution in [0, 0.1) is 0 Å². The molecular weight excluding hydrogens is 278 g/mol. The number of aromatic nitrogens is 2. The summed E-state index contributed by atoms with van der Waals surface area (Å²) in [5.41, 5.74) is 1.89. The molecular formula is C14H18ClN3O2.